The summed E-state index contributed by atoms with van der Waals surface area (Å²) in [7, 11) is 0. The second-order valence-corrected chi connectivity index (χ2v) is 4.77. The number of carbonyl (C=O) groups is 2. The van der Waals surface area contributed by atoms with E-state index < -0.39 is 5.97 Å². The lowest BCUT2D eigenvalue weighted by Crippen LogP contribution is -2.28. The highest BCUT2D eigenvalue weighted by molar-refractivity contribution is 5.77. The third-order valence-electron chi connectivity index (χ3n) is 2.98. The van der Waals surface area contributed by atoms with E-state index in [0.717, 1.165) is 5.56 Å². The molecule has 0 saturated heterocycles. The van der Waals surface area contributed by atoms with Gasteiger partial charge in [-0.1, -0.05) is 42.5 Å². The van der Waals surface area contributed by atoms with Crippen molar-refractivity contribution in [1.29, 1.82) is 0 Å². The largest absolute Gasteiger partial charge is 0.484 e. The van der Waals surface area contributed by atoms with E-state index in [9.17, 15) is 9.59 Å². The van der Waals surface area contributed by atoms with Gasteiger partial charge in [0.15, 0.2) is 6.61 Å². The SMILES string of the molecule is O=C(O)Cc1ccc(OCC(=O)NCc2ccccc2)cc1. The summed E-state index contributed by atoms with van der Waals surface area (Å²) < 4.78 is 5.36. The molecular weight excluding hydrogens is 282 g/mol. The Labute approximate surface area is 128 Å². The molecule has 2 rings (SSSR count). The highest BCUT2D eigenvalue weighted by atomic mass is 16.5. The summed E-state index contributed by atoms with van der Waals surface area (Å²) in [5.74, 6) is -0.559. The summed E-state index contributed by atoms with van der Waals surface area (Å²) >= 11 is 0. The van der Waals surface area contributed by atoms with E-state index >= 15 is 0 Å². The Balaban J connectivity index is 1.75. The van der Waals surface area contributed by atoms with E-state index in [0.29, 0.717) is 17.9 Å². The number of carboxylic acids is 1. The Hall–Kier alpha value is -2.82. The number of carboxylic acid groups (broad SMARTS) is 1. The molecule has 114 valence electrons. The van der Waals surface area contributed by atoms with E-state index in [4.69, 9.17) is 9.84 Å². The average molecular weight is 299 g/mol. The Bertz CT molecular complexity index is 623. The zero-order valence-electron chi connectivity index (χ0n) is 12.0. The van der Waals surface area contributed by atoms with Crippen LogP contribution in [-0.2, 0) is 22.6 Å². The lowest BCUT2D eigenvalue weighted by molar-refractivity contribution is -0.136. The third-order valence-corrected chi connectivity index (χ3v) is 2.98. The summed E-state index contributed by atoms with van der Waals surface area (Å²) in [5.41, 5.74) is 1.71. The molecule has 2 aromatic carbocycles. The molecule has 2 aromatic rings. The van der Waals surface area contributed by atoms with Crippen molar-refractivity contribution >= 4 is 11.9 Å². The van der Waals surface area contributed by atoms with Gasteiger partial charge in [-0.3, -0.25) is 9.59 Å². The van der Waals surface area contributed by atoms with Crippen LogP contribution in [0.15, 0.2) is 54.6 Å². The highest BCUT2D eigenvalue weighted by Gasteiger charge is 2.04. The quantitative estimate of drug-likeness (QED) is 0.820. The van der Waals surface area contributed by atoms with Gasteiger partial charge in [-0.25, -0.2) is 0 Å². The maximum absolute atomic E-state index is 11.7. The summed E-state index contributed by atoms with van der Waals surface area (Å²) in [4.78, 5) is 22.3. The number of hydrogen-bond donors (Lipinski definition) is 2. The molecular formula is C17H17NO4. The smallest absolute Gasteiger partial charge is 0.307 e. The molecule has 0 unspecified atom stereocenters. The van der Waals surface area contributed by atoms with Crippen LogP contribution in [0.25, 0.3) is 0 Å². The topological polar surface area (TPSA) is 75.6 Å². The van der Waals surface area contributed by atoms with Crippen molar-refractivity contribution in [3.05, 3.63) is 65.7 Å². The average Bonchev–Trinajstić information content (AvgIpc) is 2.53. The van der Waals surface area contributed by atoms with Crippen LogP contribution in [0.1, 0.15) is 11.1 Å². The molecule has 5 nitrogen and oxygen atoms in total. The molecule has 0 spiro atoms. The zero-order valence-corrected chi connectivity index (χ0v) is 12.0. The number of amides is 1. The van der Waals surface area contributed by atoms with Crippen LogP contribution in [0, 0.1) is 0 Å². The van der Waals surface area contributed by atoms with Crippen LogP contribution in [-0.4, -0.2) is 23.6 Å². The molecule has 22 heavy (non-hydrogen) atoms. The minimum absolute atomic E-state index is 0.0299. The van der Waals surface area contributed by atoms with Gasteiger partial charge in [-0.05, 0) is 23.3 Å². The number of aliphatic carboxylic acids is 1. The van der Waals surface area contributed by atoms with Gasteiger partial charge in [0.05, 0.1) is 6.42 Å². The lowest BCUT2D eigenvalue weighted by Gasteiger charge is -2.08. The van der Waals surface area contributed by atoms with Crippen molar-refractivity contribution in [2.75, 3.05) is 6.61 Å². The van der Waals surface area contributed by atoms with E-state index in [1.807, 2.05) is 30.3 Å². The van der Waals surface area contributed by atoms with Crippen molar-refractivity contribution in [3.8, 4) is 5.75 Å². The maximum atomic E-state index is 11.7. The minimum Gasteiger partial charge on any atom is -0.484 e. The van der Waals surface area contributed by atoms with Gasteiger partial charge in [0.2, 0.25) is 0 Å². The number of rotatable bonds is 7. The standard InChI is InChI=1S/C17H17NO4/c19-16(18-11-14-4-2-1-3-5-14)12-22-15-8-6-13(7-9-15)10-17(20)21/h1-9H,10-12H2,(H,18,19)(H,20,21). The minimum atomic E-state index is -0.881. The highest BCUT2D eigenvalue weighted by Crippen LogP contribution is 2.12. The van der Waals surface area contributed by atoms with Crippen LogP contribution in [0.2, 0.25) is 0 Å². The van der Waals surface area contributed by atoms with Gasteiger partial charge in [-0.2, -0.15) is 0 Å². The van der Waals surface area contributed by atoms with Gasteiger partial charge < -0.3 is 15.2 Å². The predicted octanol–water partition coefficient (Wildman–Crippen LogP) is 2.01. The van der Waals surface area contributed by atoms with Gasteiger partial charge in [0.1, 0.15) is 5.75 Å². The van der Waals surface area contributed by atoms with E-state index in [1.54, 1.807) is 24.3 Å². The Morgan fingerprint density at radius 1 is 0.955 bits per heavy atom. The van der Waals surface area contributed by atoms with Gasteiger partial charge in [0.25, 0.3) is 5.91 Å². The maximum Gasteiger partial charge on any atom is 0.307 e. The number of carbonyl (C=O) groups excluding carboxylic acids is 1. The Morgan fingerprint density at radius 2 is 1.64 bits per heavy atom. The van der Waals surface area contributed by atoms with Gasteiger partial charge >= 0.3 is 5.97 Å². The van der Waals surface area contributed by atoms with E-state index in [2.05, 4.69) is 5.32 Å². The first-order valence-electron chi connectivity index (χ1n) is 6.87. The molecule has 2 N–H and O–H groups in total. The molecule has 5 heteroatoms. The molecule has 0 heterocycles. The second-order valence-electron chi connectivity index (χ2n) is 4.77. The first-order valence-corrected chi connectivity index (χ1v) is 6.87. The van der Waals surface area contributed by atoms with Crippen molar-refractivity contribution < 1.29 is 19.4 Å². The van der Waals surface area contributed by atoms with Crippen LogP contribution in [0.4, 0.5) is 0 Å². The molecule has 0 aliphatic rings. The van der Waals surface area contributed by atoms with E-state index in [1.165, 1.54) is 0 Å². The van der Waals surface area contributed by atoms with Crippen LogP contribution < -0.4 is 10.1 Å². The Kier molecular flexibility index (Phi) is 5.54. The van der Waals surface area contributed by atoms with Crippen molar-refractivity contribution in [3.63, 3.8) is 0 Å². The van der Waals surface area contributed by atoms with Gasteiger partial charge in [-0.15, -0.1) is 0 Å². The second kappa shape index (κ2) is 7.83. The molecule has 0 radical (unpaired) electrons. The fraction of sp³-hybridized carbons (Fsp3) is 0.176. The van der Waals surface area contributed by atoms with Crippen LogP contribution in [0.5, 0.6) is 5.75 Å². The molecule has 0 fully saturated rings. The third kappa shape index (κ3) is 5.28. The number of ether oxygens (including phenoxy) is 1. The molecule has 0 aliphatic heterocycles. The number of nitrogens with one attached hydrogen (secondary N) is 1. The normalized spacial score (nSPS) is 10.0. The fourth-order valence-electron chi connectivity index (χ4n) is 1.87. The van der Waals surface area contributed by atoms with E-state index in [-0.39, 0.29) is 18.9 Å². The molecule has 1 amide bonds. The molecule has 0 aromatic heterocycles. The zero-order chi connectivity index (χ0) is 15.8. The van der Waals surface area contributed by atoms with Crippen LogP contribution >= 0.6 is 0 Å². The van der Waals surface area contributed by atoms with Crippen molar-refractivity contribution in [2.24, 2.45) is 0 Å². The van der Waals surface area contributed by atoms with Crippen molar-refractivity contribution in [2.45, 2.75) is 13.0 Å². The molecule has 0 bridgehead atoms. The molecule has 0 saturated carbocycles. The first-order chi connectivity index (χ1) is 10.6. The van der Waals surface area contributed by atoms with Crippen molar-refractivity contribution in [1.82, 2.24) is 5.32 Å². The molecule has 0 atom stereocenters. The summed E-state index contributed by atoms with van der Waals surface area (Å²) in [5, 5.41) is 11.4. The predicted molar refractivity (Wildman–Crippen MR) is 81.6 cm³/mol. The first kappa shape index (κ1) is 15.6. The summed E-state index contributed by atoms with van der Waals surface area (Å²) in [6.07, 6.45) is -0.0299. The molecule has 0 aliphatic carbocycles. The number of hydrogen-bond acceptors (Lipinski definition) is 3. The summed E-state index contributed by atoms with van der Waals surface area (Å²) in [6.45, 7) is 0.381. The summed E-state index contributed by atoms with van der Waals surface area (Å²) in [6, 6.07) is 16.3. The van der Waals surface area contributed by atoms with Crippen LogP contribution in [0.3, 0.4) is 0 Å². The lowest BCUT2D eigenvalue weighted by atomic mass is 10.1. The Morgan fingerprint density at radius 3 is 2.27 bits per heavy atom. The fourth-order valence-corrected chi connectivity index (χ4v) is 1.87. The monoisotopic (exact) mass is 299 g/mol. The number of benzene rings is 2. The van der Waals surface area contributed by atoms with Gasteiger partial charge in [0, 0.05) is 6.54 Å².